The van der Waals surface area contributed by atoms with Gasteiger partial charge in [-0.2, -0.15) is 0 Å². The van der Waals surface area contributed by atoms with Gasteiger partial charge in [-0.1, -0.05) is 61.7 Å². The molecule has 0 bridgehead atoms. The number of rotatable bonds is 12. The van der Waals surface area contributed by atoms with Gasteiger partial charge in [0, 0.05) is 36.1 Å². The van der Waals surface area contributed by atoms with E-state index in [1.807, 2.05) is 13.8 Å². The number of nitrogens with zero attached hydrogens (tertiary/aromatic N) is 2. The van der Waals surface area contributed by atoms with Crippen LogP contribution >= 0.6 is 23.2 Å². The largest absolute Gasteiger partial charge is 0.354 e. The molecular formula is C27H31Cl2N3O4. The molecule has 0 fully saturated rings. The maximum atomic E-state index is 13.4. The van der Waals surface area contributed by atoms with Crippen LogP contribution < -0.4 is 5.32 Å². The van der Waals surface area contributed by atoms with Crippen LogP contribution in [0.2, 0.25) is 10.0 Å². The first-order chi connectivity index (χ1) is 17.3. The molecule has 0 aliphatic carbocycles. The average molecular weight is 532 g/mol. The molecule has 2 aromatic carbocycles. The van der Waals surface area contributed by atoms with Crippen molar-refractivity contribution in [1.29, 1.82) is 0 Å². The zero-order chi connectivity index (χ0) is 26.2. The molecule has 1 N–H and O–H groups in total. The second-order valence-electron chi connectivity index (χ2n) is 8.74. The number of unbranched alkanes of at least 4 members (excludes halogenated alkanes) is 1. The Kier molecular flexibility index (Phi) is 9.90. The summed E-state index contributed by atoms with van der Waals surface area (Å²) in [6.45, 7) is 4.69. The molecule has 2 aromatic rings. The van der Waals surface area contributed by atoms with Gasteiger partial charge >= 0.3 is 0 Å². The predicted molar refractivity (Wildman–Crippen MR) is 140 cm³/mol. The zero-order valence-electron chi connectivity index (χ0n) is 20.6. The highest BCUT2D eigenvalue weighted by molar-refractivity contribution is 6.35. The van der Waals surface area contributed by atoms with Gasteiger partial charge in [0.05, 0.1) is 11.1 Å². The fourth-order valence-corrected chi connectivity index (χ4v) is 4.70. The van der Waals surface area contributed by atoms with E-state index in [1.165, 1.54) is 9.80 Å². The lowest BCUT2D eigenvalue weighted by atomic mass is 10.1. The highest BCUT2D eigenvalue weighted by atomic mass is 35.5. The van der Waals surface area contributed by atoms with E-state index in [-0.39, 0.29) is 49.6 Å². The van der Waals surface area contributed by atoms with Gasteiger partial charge in [-0.3, -0.25) is 24.1 Å². The Bertz CT molecular complexity index is 1100. The van der Waals surface area contributed by atoms with Crippen molar-refractivity contribution in [3.63, 3.8) is 0 Å². The van der Waals surface area contributed by atoms with Crippen LogP contribution in [0.15, 0.2) is 42.5 Å². The van der Waals surface area contributed by atoms with Crippen LogP contribution in [0.1, 0.15) is 72.2 Å². The fraction of sp³-hybridized carbons (Fsp3) is 0.407. The lowest BCUT2D eigenvalue weighted by Crippen LogP contribution is -2.49. The Morgan fingerprint density at radius 3 is 2.25 bits per heavy atom. The van der Waals surface area contributed by atoms with Crippen LogP contribution in [-0.2, 0) is 16.1 Å². The van der Waals surface area contributed by atoms with Crippen LogP contribution in [0.5, 0.6) is 0 Å². The molecule has 1 aliphatic rings. The fourth-order valence-electron chi connectivity index (χ4n) is 4.23. The molecule has 192 valence electrons. The number of fused-ring (bicyclic) bond motifs is 1. The second kappa shape index (κ2) is 12.9. The maximum absolute atomic E-state index is 13.4. The third kappa shape index (κ3) is 6.45. The number of hydrogen-bond donors (Lipinski definition) is 1. The summed E-state index contributed by atoms with van der Waals surface area (Å²) in [6, 6.07) is 11.0. The third-order valence-corrected chi connectivity index (χ3v) is 6.81. The van der Waals surface area contributed by atoms with Crippen molar-refractivity contribution in [3.8, 4) is 0 Å². The normalized spacial score (nSPS) is 13.5. The molecule has 0 spiro atoms. The standard InChI is InChI=1S/C27H31Cl2N3O4/c1-3-5-14-30-25(34)23(4-2)32(17-18-12-13-19(28)16-22(18)29)24(33)11-8-15-31-26(35)20-9-6-7-10-21(20)27(31)36/h6-7,9-10,12-13,16,23H,3-5,8,11,14-15,17H2,1-2H3,(H,30,34)/t23-/m0/s1. The maximum Gasteiger partial charge on any atom is 0.261 e. The Morgan fingerprint density at radius 2 is 1.67 bits per heavy atom. The Morgan fingerprint density at radius 1 is 1.00 bits per heavy atom. The second-order valence-corrected chi connectivity index (χ2v) is 9.58. The van der Waals surface area contributed by atoms with E-state index < -0.39 is 6.04 Å². The van der Waals surface area contributed by atoms with Crippen LogP contribution in [0.4, 0.5) is 0 Å². The van der Waals surface area contributed by atoms with Crippen LogP contribution in [-0.4, -0.2) is 52.6 Å². The van der Waals surface area contributed by atoms with E-state index in [4.69, 9.17) is 23.2 Å². The molecule has 3 rings (SSSR count). The number of hydrogen-bond acceptors (Lipinski definition) is 4. The van der Waals surface area contributed by atoms with Gasteiger partial charge in [0.25, 0.3) is 11.8 Å². The smallest absolute Gasteiger partial charge is 0.261 e. The predicted octanol–water partition coefficient (Wildman–Crippen LogP) is 5.09. The van der Waals surface area contributed by atoms with E-state index in [0.29, 0.717) is 39.7 Å². The first-order valence-corrected chi connectivity index (χ1v) is 13.0. The summed E-state index contributed by atoms with van der Waals surface area (Å²) in [5, 5.41) is 3.81. The molecule has 0 radical (unpaired) electrons. The van der Waals surface area contributed by atoms with Crippen LogP contribution in [0.3, 0.4) is 0 Å². The summed E-state index contributed by atoms with van der Waals surface area (Å²) in [5.74, 6) is -1.18. The van der Waals surface area contributed by atoms with Crippen LogP contribution in [0, 0.1) is 0 Å². The highest BCUT2D eigenvalue weighted by Crippen LogP contribution is 2.25. The van der Waals surface area contributed by atoms with E-state index in [0.717, 1.165) is 12.8 Å². The van der Waals surface area contributed by atoms with Gasteiger partial charge in [0.1, 0.15) is 6.04 Å². The van der Waals surface area contributed by atoms with Crippen molar-refractivity contribution in [2.24, 2.45) is 0 Å². The number of carbonyl (C=O) groups excluding carboxylic acids is 4. The lowest BCUT2D eigenvalue weighted by Gasteiger charge is -2.31. The van der Waals surface area contributed by atoms with E-state index in [1.54, 1.807) is 42.5 Å². The molecule has 1 aliphatic heterocycles. The number of benzene rings is 2. The minimum Gasteiger partial charge on any atom is -0.354 e. The molecule has 7 nitrogen and oxygen atoms in total. The van der Waals surface area contributed by atoms with Gasteiger partial charge in [0.2, 0.25) is 11.8 Å². The SMILES string of the molecule is CCCCNC(=O)[C@H](CC)N(Cc1ccc(Cl)cc1Cl)C(=O)CCCN1C(=O)c2ccccc2C1=O. The lowest BCUT2D eigenvalue weighted by molar-refractivity contribution is -0.141. The summed E-state index contributed by atoms with van der Waals surface area (Å²) in [7, 11) is 0. The van der Waals surface area contributed by atoms with E-state index in [9.17, 15) is 19.2 Å². The summed E-state index contributed by atoms with van der Waals surface area (Å²) in [5.41, 5.74) is 1.43. The van der Waals surface area contributed by atoms with Gasteiger partial charge in [-0.05, 0) is 49.1 Å². The monoisotopic (exact) mass is 531 g/mol. The molecule has 9 heteroatoms. The molecular weight excluding hydrogens is 501 g/mol. The molecule has 1 heterocycles. The first-order valence-electron chi connectivity index (χ1n) is 12.2. The molecule has 0 aromatic heterocycles. The zero-order valence-corrected chi connectivity index (χ0v) is 22.1. The minimum atomic E-state index is -0.680. The minimum absolute atomic E-state index is 0.0668. The number of carbonyl (C=O) groups is 4. The summed E-state index contributed by atoms with van der Waals surface area (Å²) in [6.07, 6.45) is 2.56. The first kappa shape index (κ1) is 27.7. The van der Waals surface area contributed by atoms with Crippen LogP contribution in [0.25, 0.3) is 0 Å². The van der Waals surface area contributed by atoms with Gasteiger partial charge < -0.3 is 10.2 Å². The van der Waals surface area contributed by atoms with Crippen molar-refractivity contribution in [2.45, 2.75) is 58.5 Å². The molecule has 4 amide bonds. The Balaban J connectivity index is 1.72. The Hall–Kier alpha value is -2.90. The molecule has 0 saturated heterocycles. The summed E-state index contributed by atoms with van der Waals surface area (Å²) < 4.78 is 0. The van der Waals surface area contributed by atoms with E-state index >= 15 is 0 Å². The molecule has 0 saturated carbocycles. The van der Waals surface area contributed by atoms with Crippen molar-refractivity contribution >= 4 is 46.8 Å². The van der Waals surface area contributed by atoms with Crippen molar-refractivity contribution in [2.75, 3.05) is 13.1 Å². The van der Waals surface area contributed by atoms with Gasteiger partial charge in [-0.15, -0.1) is 0 Å². The van der Waals surface area contributed by atoms with Crippen molar-refractivity contribution in [3.05, 3.63) is 69.2 Å². The summed E-state index contributed by atoms with van der Waals surface area (Å²) in [4.78, 5) is 54.3. The number of imide groups is 1. The van der Waals surface area contributed by atoms with E-state index in [2.05, 4.69) is 5.32 Å². The quantitative estimate of drug-likeness (QED) is 0.305. The topological polar surface area (TPSA) is 86.8 Å². The van der Waals surface area contributed by atoms with Gasteiger partial charge in [-0.25, -0.2) is 0 Å². The summed E-state index contributed by atoms with van der Waals surface area (Å²) >= 11 is 12.4. The van der Waals surface area contributed by atoms with Gasteiger partial charge in [0.15, 0.2) is 0 Å². The molecule has 1 atom stereocenters. The number of halogens is 2. The Labute approximate surface area is 221 Å². The molecule has 36 heavy (non-hydrogen) atoms. The highest BCUT2D eigenvalue weighted by Gasteiger charge is 2.35. The van der Waals surface area contributed by atoms with Crippen molar-refractivity contribution in [1.82, 2.24) is 15.1 Å². The third-order valence-electron chi connectivity index (χ3n) is 6.22. The average Bonchev–Trinajstić information content (AvgIpc) is 3.10. The van der Waals surface area contributed by atoms with Crippen molar-refractivity contribution < 1.29 is 19.2 Å². The molecule has 0 unspecified atom stereocenters. The number of amides is 4. The number of nitrogens with one attached hydrogen (secondary N) is 1.